The molecule has 0 aliphatic heterocycles. The topological polar surface area (TPSA) is 27.7 Å². The van der Waals surface area contributed by atoms with Gasteiger partial charge in [-0.15, -0.1) is 0 Å². The Bertz CT molecular complexity index is 931. The Morgan fingerprint density at radius 3 is 2.28 bits per heavy atom. The first-order valence-corrected chi connectivity index (χ1v) is 10.0. The molecule has 1 saturated carbocycles. The van der Waals surface area contributed by atoms with E-state index in [4.69, 9.17) is 14.2 Å². The van der Waals surface area contributed by atoms with Crippen LogP contribution in [0.25, 0.3) is 0 Å². The second-order valence-electron chi connectivity index (χ2n) is 7.43. The van der Waals surface area contributed by atoms with Crippen molar-refractivity contribution in [3.63, 3.8) is 0 Å². The molecule has 0 spiro atoms. The van der Waals surface area contributed by atoms with E-state index in [9.17, 15) is 4.39 Å². The summed E-state index contributed by atoms with van der Waals surface area (Å²) in [6, 6.07) is 22.2. The molecule has 0 saturated heterocycles. The molecule has 1 aliphatic rings. The first-order valence-electron chi connectivity index (χ1n) is 10.0. The first kappa shape index (κ1) is 19.5. The lowest BCUT2D eigenvalue weighted by atomic mass is 9.97. The third-order valence-corrected chi connectivity index (χ3v) is 5.23. The van der Waals surface area contributed by atoms with Gasteiger partial charge in [0, 0.05) is 5.41 Å². The molecule has 1 fully saturated rings. The SMILES string of the molecule is CCOc1ccc(C2(COCc3cccc(Oc4ccc(F)cc4)c3)CC2)cc1. The van der Waals surface area contributed by atoms with Gasteiger partial charge in [0.1, 0.15) is 23.1 Å². The van der Waals surface area contributed by atoms with Crippen LogP contribution in [0.3, 0.4) is 0 Å². The van der Waals surface area contributed by atoms with Crippen LogP contribution in [0.2, 0.25) is 0 Å². The maximum atomic E-state index is 13.0. The van der Waals surface area contributed by atoms with E-state index in [0.29, 0.717) is 31.3 Å². The molecule has 4 heteroatoms. The summed E-state index contributed by atoms with van der Waals surface area (Å²) in [4.78, 5) is 0. The lowest BCUT2D eigenvalue weighted by Gasteiger charge is -2.17. The number of benzene rings is 3. The van der Waals surface area contributed by atoms with Crippen molar-refractivity contribution >= 4 is 0 Å². The van der Waals surface area contributed by atoms with Crippen LogP contribution in [-0.2, 0) is 16.8 Å². The fourth-order valence-electron chi connectivity index (χ4n) is 3.44. The molecule has 0 amide bonds. The number of hydrogen-bond acceptors (Lipinski definition) is 3. The van der Waals surface area contributed by atoms with Crippen LogP contribution in [0.5, 0.6) is 17.2 Å². The highest BCUT2D eigenvalue weighted by atomic mass is 19.1. The molecule has 0 bridgehead atoms. The molecule has 3 aromatic carbocycles. The summed E-state index contributed by atoms with van der Waals surface area (Å²) in [5, 5.41) is 0. The second-order valence-corrected chi connectivity index (χ2v) is 7.43. The molecule has 0 aromatic heterocycles. The van der Waals surface area contributed by atoms with Crippen LogP contribution in [0.4, 0.5) is 4.39 Å². The van der Waals surface area contributed by atoms with Crippen molar-refractivity contribution in [2.45, 2.75) is 31.8 Å². The zero-order chi connectivity index (χ0) is 20.1. The van der Waals surface area contributed by atoms with Crippen molar-refractivity contribution in [1.29, 1.82) is 0 Å². The van der Waals surface area contributed by atoms with E-state index in [1.165, 1.54) is 17.7 Å². The molecule has 1 aliphatic carbocycles. The van der Waals surface area contributed by atoms with Crippen molar-refractivity contribution < 1.29 is 18.6 Å². The van der Waals surface area contributed by atoms with Crippen molar-refractivity contribution in [1.82, 2.24) is 0 Å². The summed E-state index contributed by atoms with van der Waals surface area (Å²) in [5.74, 6) is 1.95. The van der Waals surface area contributed by atoms with Crippen LogP contribution in [0.15, 0.2) is 72.8 Å². The number of rotatable bonds is 9. The van der Waals surface area contributed by atoms with Crippen LogP contribution < -0.4 is 9.47 Å². The molecule has 0 unspecified atom stereocenters. The van der Waals surface area contributed by atoms with E-state index in [1.807, 2.05) is 43.3 Å². The zero-order valence-corrected chi connectivity index (χ0v) is 16.6. The fourth-order valence-corrected chi connectivity index (χ4v) is 3.44. The average molecular weight is 392 g/mol. The Balaban J connectivity index is 1.33. The van der Waals surface area contributed by atoms with Gasteiger partial charge in [0.15, 0.2) is 0 Å². The van der Waals surface area contributed by atoms with Gasteiger partial charge in [0.2, 0.25) is 0 Å². The number of halogens is 1. The van der Waals surface area contributed by atoms with Crippen LogP contribution in [-0.4, -0.2) is 13.2 Å². The first-order chi connectivity index (χ1) is 14.2. The summed E-state index contributed by atoms with van der Waals surface area (Å²) < 4.78 is 30.4. The highest BCUT2D eigenvalue weighted by molar-refractivity contribution is 5.36. The molecule has 0 atom stereocenters. The van der Waals surface area contributed by atoms with Crippen LogP contribution in [0, 0.1) is 5.82 Å². The molecule has 0 heterocycles. The molecule has 3 nitrogen and oxygen atoms in total. The summed E-state index contributed by atoms with van der Waals surface area (Å²) in [5.41, 5.74) is 2.49. The average Bonchev–Trinajstić information content (AvgIpc) is 3.52. The van der Waals surface area contributed by atoms with E-state index in [-0.39, 0.29) is 11.2 Å². The Hall–Kier alpha value is -2.85. The summed E-state index contributed by atoms with van der Waals surface area (Å²) >= 11 is 0. The summed E-state index contributed by atoms with van der Waals surface area (Å²) in [6.07, 6.45) is 2.30. The smallest absolute Gasteiger partial charge is 0.127 e. The van der Waals surface area contributed by atoms with Crippen molar-refractivity contribution in [3.05, 3.63) is 89.7 Å². The van der Waals surface area contributed by atoms with Gasteiger partial charge in [-0.05, 0) is 79.4 Å². The molecular weight excluding hydrogens is 367 g/mol. The van der Waals surface area contributed by atoms with Gasteiger partial charge in [-0.2, -0.15) is 0 Å². The van der Waals surface area contributed by atoms with Crippen LogP contribution in [0.1, 0.15) is 30.9 Å². The van der Waals surface area contributed by atoms with Gasteiger partial charge >= 0.3 is 0 Å². The molecule has 3 aromatic rings. The molecule has 0 N–H and O–H groups in total. The minimum atomic E-state index is -0.277. The fraction of sp³-hybridized carbons (Fsp3) is 0.280. The van der Waals surface area contributed by atoms with Crippen molar-refractivity contribution in [2.75, 3.05) is 13.2 Å². The molecular formula is C25H25FO3. The van der Waals surface area contributed by atoms with Gasteiger partial charge in [-0.1, -0.05) is 24.3 Å². The van der Waals surface area contributed by atoms with Crippen molar-refractivity contribution in [3.8, 4) is 17.2 Å². The minimum absolute atomic E-state index is 0.132. The maximum absolute atomic E-state index is 13.0. The van der Waals surface area contributed by atoms with E-state index in [1.54, 1.807) is 12.1 Å². The Morgan fingerprint density at radius 1 is 0.862 bits per heavy atom. The Labute approximate surface area is 171 Å². The number of hydrogen-bond donors (Lipinski definition) is 0. The third-order valence-electron chi connectivity index (χ3n) is 5.23. The third kappa shape index (κ3) is 4.96. The van der Waals surface area contributed by atoms with E-state index >= 15 is 0 Å². The maximum Gasteiger partial charge on any atom is 0.127 e. The van der Waals surface area contributed by atoms with Crippen LogP contribution >= 0.6 is 0 Å². The van der Waals surface area contributed by atoms with E-state index in [0.717, 1.165) is 24.2 Å². The summed E-state index contributed by atoms with van der Waals surface area (Å²) in [7, 11) is 0. The monoisotopic (exact) mass is 392 g/mol. The van der Waals surface area contributed by atoms with Gasteiger partial charge in [-0.25, -0.2) is 4.39 Å². The van der Waals surface area contributed by atoms with Gasteiger partial charge in [0.25, 0.3) is 0 Å². The van der Waals surface area contributed by atoms with Crippen molar-refractivity contribution in [2.24, 2.45) is 0 Å². The number of ether oxygens (including phenoxy) is 3. The Kier molecular flexibility index (Phi) is 5.81. The molecule has 4 rings (SSSR count). The zero-order valence-electron chi connectivity index (χ0n) is 16.6. The molecule has 0 radical (unpaired) electrons. The predicted molar refractivity (Wildman–Crippen MR) is 111 cm³/mol. The van der Waals surface area contributed by atoms with E-state index in [2.05, 4.69) is 12.1 Å². The van der Waals surface area contributed by atoms with Gasteiger partial charge in [-0.3, -0.25) is 0 Å². The lowest BCUT2D eigenvalue weighted by Crippen LogP contribution is -2.15. The quantitative estimate of drug-likeness (QED) is 0.430. The minimum Gasteiger partial charge on any atom is -0.494 e. The van der Waals surface area contributed by atoms with Gasteiger partial charge in [0.05, 0.1) is 19.8 Å². The van der Waals surface area contributed by atoms with Gasteiger partial charge < -0.3 is 14.2 Å². The largest absolute Gasteiger partial charge is 0.494 e. The molecule has 29 heavy (non-hydrogen) atoms. The summed E-state index contributed by atoms with van der Waals surface area (Å²) in [6.45, 7) is 3.89. The normalized spacial score (nSPS) is 14.4. The lowest BCUT2D eigenvalue weighted by molar-refractivity contribution is 0.100. The Morgan fingerprint density at radius 2 is 1.59 bits per heavy atom. The highest BCUT2D eigenvalue weighted by Crippen LogP contribution is 2.48. The second kappa shape index (κ2) is 8.66. The molecule has 150 valence electrons. The van der Waals surface area contributed by atoms with E-state index < -0.39 is 0 Å². The predicted octanol–water partition coefficient (Wildman–Crippen LogP) is 6.27. The highest BCUT2D eigenvalue weighted by Gasteiger charge is 2.44. The standard InChI is InChI=1S/C25H25FO3/c1-2-28-22-10-6-20(7-11-22)25(14-15-25)18-27-17-19-4-3-5-24(16-19)29-23-12-8-21(26)9-13-23/h3-13,16H,2,14-15,17-18H2,1H3.